The Bertz CT molecular complexity index is 1090. The molecule has 0 aliphatic carbocycles. The van der Waals surface area contributed by atoms with Crippen LogP contribution in [-0.2, 0) is 0 Å². The maximum atomic E-state index is 12.7. The van der Waals surface area contributed by atoms with Gasteiger partial charge in [-0.15, -0.1) is 0 Å². The molecule has 122 valence electrons. The molecule has 0 aliphatic rings. The molecule has 25 heavy (non-hydrogen) atoms. The van der Waals surface area contributed by atoms with Gasteiger partial charge in [-0.1, -0.05) is 60.2 Å². The van der Waals surface area contributed by atoms with Crippen molar-refractivity contribution >= 4 is 27.5 Å². The van der Waals surface area contributed by atoms with Crippen LogP contribution in [0.4, 0.5) is 0 Å². The van der Waals surface area contributed by atoms with Gasteiger partial charge in [-0.2, -0.15) is 0 Å². The highest BCUT2D eigenvalue weighted by molar-refractivity contribution is 6.08. The molecular formula is C23H18O2. The van der Waals surface area contributed by atoms with Crippen LogP contribution >= 0.6 is 0 Å². The summed E-state index contributed by atoms with van der Waals surface area (Å²) in [6, 6.07) is 23.7. The van der Waals surface area contributed by atoms with E-state index in [0.29, 0.717) is 11.3 Å². The summed E-state index contributed by atoms with van der Waals surface area (Å²) < 4.78 is 5.91. The first kappa shape index (κ1) is 15.4. The quantitative estimate of drug-likeness (QED) is 0.263. The van der Waals surface area contributed by atoms with Crippen LogP contribution < -0.4 is 4.74 Å². The van der Waals surface area contributed by atoms with Crippen LogP contribution in [0.2, 0.25) is 0 Å². The number of rotatable bonds is 2. The van der Waals surface area contributed by atoms with Gasteiger partial charge in [-0.25, -0.2) is 4.79 Å². The Balaban J connectivity index is 1.91. The molecule has 0 fully saturated rings. The molecule has 0 aliphatic heterocycles. The fourth-order valence-corrected chi connectivity index (χ4v) is 3.20. The Morgan fingerprint density at radius 2 is 1.52 bits per heavy atom. The molecule has 4 aromatic rings. The number of aryl methyl sites for hydroxylation is 2. The number of benzene rings is 4. The fraction of sp³-hybridized carbons (Fsp3) is 0.0870. The molecule has 0 amide bonds. The highest BCUT2D eigenvalue weighted by Gasteiger charge is 2.15. The fourth-order valence-electron chi connectivity index (χ4n) is 3.20. The summed E-state index contributed by atoms with van der Waals surface area (Å²) in [6.07, 6.45) is 0. The molecule has 0 saturated carbocycles. The monoisotopic (exact) mass is 326 g/mol. The molecule has 4 rings (SSSR count). The van der Waals surface area contributed by atoms with Gasteiger partial charge in [0.2, 0.25) is 0 Å². The van der Waals surface area contributed by atoms with Crippen LogP contribution in [0, 0.1) is 13.8 Å². The van der Waals surface area contributed by atoms with Gasteiger partial charge in [-0.05, 0) is 48.4 Å². The van der Waals surface area contributed by atoms with E-state index in [1.54, 1.807) is 12.1 Å². The van der Waals surface area contributed by atoms with E-state index in [1.165, 1.54) is 0 Å². The standard InChI is InChI=1S/C23H18O2/c1-15-10-12-17(13-11-15)23(24)25-22-20-9-4-3-7-18(20)14-19-8-5-6-16(2)21(19)22/h3-14H,1-2H3. The number of hydrogen-bond donors (Lipinski definition) is 0. The Labute approximate surface area is 146 Å². The average Bonchev–Trinajstić information content (AvgIpc) is 2.62. The van der Waals surface area contributed by atoms with E-state index in [0.717, 1.165) is 32.7 Å². The summed E-state index contributed by atoms with van der Waals surface area (Å²) in [5.41, 5.74) is 2.76. The van der Waals surface area contributed by atoms with Crippen molar-refractivity contribution in [2.75, 3.05) is 0 Å². The molecule has 0 heterocycles. The molecule has 0 N–H and O–H groups in total. The molecule has 0 bridgehead atoms. The van der Waals surface area contributed by atoms with E-state index in [-0.39, 0.29) is 5.97 Å². The Hall–Kier alpha value is -3.13. The second kappa shape index (κ2) is 6.06. The third kappa shape index (κ3) is 2.76. The summed E-state index contributed by atoms with van der Waals surface area (Å²) in [6.45, 7) is 4.04. The van der Waals surface area contributed by atoms with Crippen LogP contribution in [0.1, 0.15) is 21.5 Å². The van der Waals surface area contributed by atoms with Gasteiger partial charge in [0, 0.05) is 10.8 Å². The van der Waals surface area contributed by atoms with Gasteiger partial charge in [-0.3, -0.25) is 0 Å². The van der Waals surface area contributed by atoms with Crippen molar-refractivity contribution in [1.29, 1.82) is 0 Å². The lowest BCUT2D eigenvalue weighted by atomic mass is 9.99. The Morgan fingerprint density at radius 3 is 2.32 bits per heavy atom. The van der Waals surface area contributed by atoms with Crippen molar-refractivity contribution in [2.45, 2.75) is 13.8 Å². The maximum absolute atomic E-state index is 12.7. The minimum absolute atomic E-state index is 0.332. The van der Waals surface area contributed by atoms with Crippen LogP contribution in [0.15, 0.2) is 72.8 Å². The average molecular weight is 326 g/mol. The highest BCUT2D eigenvalue weighted by Crippen LogP contribution is 2.37. The number of carbonyl (C=O) groups is 1. The minimum Gasteiger partial charge on any atom is -0.422 e. The molecule has 0 spiro atoms. The first-order valence-corrected chi connectivity index (χ1v) is 8.33. The molecule has 0 atom stereocenters. The van der Waals surface area contributed by atoms with Gasteiger partial charge in [0.05, 0.1) is 5.56 Å². The molecule has 2 heteroatoms. The van der Waals surface area contributed by atoms with Crippen molar-refractivity contribution in [1.82, 2.24) is 0 Å². The Morgan fingerprint density at radius 1 is 0.800 bits per heavy atom. The molecule has 4 aromatic carbocycles. The van der Waals surface area contributed by atoms with E-state index >= 15 is 0 Å². The van der Waals surface area contributed by atoms with Gasteiger partial charge < -0.3 is 4.74 Å². The number of hydrogen-bond acceptors (Lipinski definition) is 2. The lowest BCUT2D eigenvalue weighted by molar-refractivity contribution is 0.0739. The largest absolute Gasteiger partial charge is 0.422 e. The lowest BCUT2D eigenvalue weighted by Crippen LogP contribution is -2.09. The zero-order valence-corrected chi connectivity index (χ0v) is 14.2. The number of carbonyl (C=O) groups excluding carboxylic acids is 1. The second-order valence-electron chi connectivity index (χ2n) is 6.36. The normalized spacial score (nSPS) is 11.0. The van der Waals surface area contributed by atoms with Gasteiger partial charge in [0.1, 0.15) is 5.75 Å². The van der Waals surface area contributed by atoms with Crippen molar-refractivity contribution < 1.29 is 9.53 Å². The second-order valence-corrected chi connectivity index (χ2v) is 6.36. The third-order valence-electron chi connectivity index (χ3n) is 4.53. The molecule has 0 saturated heterocycles. The van der Waals surface area contributed by atoms with Crippen LogP contribution in [0.25, 0.3) is 21.5 Å². The first-order valence-electron chi connectivity index (χ1n) is 8.33. The topological polar surface area (TPSA) is 26.3 Å². The predicted octanol–water partition coefficient (Wildman–Crippen LogP) is 5.83. The number of ether oxygens (including phenoxy) is 1. The smallest absolute Gasteiger partial charge is 0.343 e. The van der Waals surface area contributed by atoms with Gasteiger partial charge in [0.15, 0.2) is 0 Å². The zero-order valence-electron chi connectivity index (χ0n) is 14.2. The van der Waals surface area contributed by atoms with E-state index in [4.69, 9.17) is 4.74 Å². The van der Waals surface area contributed by atoms with Gasteiger partial charge in [0.25, 0.3) is 0 Å². The number of esters is 1. The molecular weight excluding hydrogens is 308 g/mol. The minimum atomic E-state index is -0.332. The maximum Gasteiger partial charge on any atom is 0.343 e. The van der Waals surface area contributed by atoms with Gasteiger partial charge >= 0.3 is 5.97 Å². The van der Waals surface area contributed by atoms with Crippen molar-refractivity contribution in [2.24, 2.45) is 0 Å². The van der Waals surface area contributed by atoms with Crippen molar-refractivity contribution in [3.63, 3.8) is 0 Å². The summed E-state index contributed by atoms with van der Waals surface area (Å²) in [5.74, 6) is 0.303. The van der Waals surface area contributed by atoms with Crippen LogP contribution in [-0.4, -0.2) is 5.97 Å². The molecule has 0 radical (unpaired) electrons. The van der Waals surface area contributed by atoms with Crippen molar-refractivity contribution in [3.8, 4) is 5.75 Å². The Kier molecular flexibility index (Phi) is 3.73. The lowest BCUT2D eigenvalue weighted by Gasteiger charge is -2.13. The van der Waals surface area contributed by atoms with E-state index < -0.39 is 0 Å². The van der Waals surface area contributed by atoms with Crippen LogP contribution in [0.5, 0.6) is 5.75 Å². The SMILES string of the molecule is Cc1ccc(C(=O)Oc2c3ccccc3cc3cccc(C)c23)cc1. The number of fused-ring (bicyclic) bond motifs is 2. The van der Waals surface area contributed by atoms with E-state index in [2.05, 4.69) is 12.1 Å². The molecule has 0 unspecified atom stereocenters. The highest BCUT2D eigenvalue weighted by atomic mass is 16.5. The van der Waals surface area contributed by atoms with E-state index in [9.17, 15) is 4.79 Å². The van der Waals surface area contributed by atoms with Crippen molar-refractivity contribution in [3.05, 3.63) is 89.5 Å². The summed E-state index contributed by atoms with van der Waals surface area (Å²) in [4.78, 5) is 12.7. The summed E-state index contributed by atoms with van der Waals surface area (Å²) >= 11 is 0. The molecule has 2 nitrogen and oxygen atoms in total. The predicted molar refractivity (Wildman–Crippen MR) is 102 cm³/mol. The van der Waals surface area contributed by atoms with E-state index in [1.807, 2.05) is 62.4 Å². The first-order chi connectivity index (χ1) is 12.1. The summed E-state index contributed by atoms with van der Waals surface area (Å²) in [5, 5.41) is 4.07. The third-order valence-corrected chi connectivity index (χ3v) is 4.53. The van der Waals surface area contributed by atoms with Crippen LogP contribution in [0.3, 0.4) is 0 Å². The zero-order chi connectivity index (χ0) is 17.4. The summed E-state index contributed by atoms with van der Waals surface area (Å²) in [7, 11) is 0. The molecule has 0 aromatic heterocycles.